The number of methoxy groups -OCH3 is 1. The highest BCUT2D eigenvalue weighted by molar-refractivity contribution is 6.35. The van der Waals surface area contributed by atoms with Crippen LogP contribution in [-0.4, -0.2) is 27.4 Å². The number of anilines is 1. The molecule has 26 heavy (non-hydrogen) atoms. The van der Waals surface area contributed by atoms with E-state index >= 15 is 0 Å². The topological polar surface area (TPSA) is 28.7 Å². The van der Waals surface area contributed by atoms with Crippen LogP contribution in [0.15, 0.2) is 53.5 Å². The Morgan fingerprint density at radius 1 is 1.08 bits per heavy atom. The van der Waals surface area contributed by atoms with Gasteiger partial charge >= 0.3 is 0 Å². The van der Waals surface area contributed by atoms with Crippen molar-refractivity contribution in [3.05, 3.63) is 59.2 Å². The van der Waals surface area contributed by atoms with Crippen molar-refractivity contribution in [2.75, 3.05) is 26.1 Å². The second-order valence-electron chi connectivity index (χ2n) is 6.03. The van der Waals surface area contributed by atoms with E-state index in [1.54, 1.807) is 7.11 Å². The largest absolute Gasteiger partial charge is 1.00 e. The van der Waals surface area contributed by atoms with Gasteiger partial charge in [0.25, 0.3) is 0 Å². The van der Waals surface area contributed by atoms with E-state index in [9.17, 15) is 0 Å². The monoisotopic (exact) mass is 389 g/mol. The Labute approximate surface area is 165 Å². The van der Waals surface area contributed by atoms with E-state index in [2.05, 4.69) is 14.5 Å². The van der Waals surface area contributed by atoms with Crippen molar-refractivity contribution >= 4 is 40.1 Å². The first kappa shape index (κ1) is 20.0. The number of fused-ring (bicyclic) bond motifs is 1. The zero-order chi connectivity index (χ0) is 18.0. The number of aliphatic imine (C=N–C) groups is 1. The molecule has 0 aliphatic heterocycles. The van der Waals surface area contributed by atoms with E-state index in [4.69, 9.17) is 16.3 Å². The molecule has 0 N–H and O–H groups in total. The summed E-state index contributed by atoms with van der Waals surface area (Å²) in [6.45, 7) is 0. The zero-order valence-electron chi connectivity index (χ0n) is 15.2. The first-order valence-electron chi connectivity index (χ1n) is 7.97. The minimum atomic E-state index is 0. The summed E-state index contributed by atoms with van der Waals surface area (Å²) in [5.41, 5.74) is 4.00. The highest BCUT2D eigenvalue weighted by atomic mass is 35.5. The summed E-state index contributed by atoms with van der Waals surface area (Å²) in [6, 6.07) is 15.9. The second kappa shape index (κ2) is 8.39. The van der Waals surface area contributed by atoms with E-state index in [0.29, 0.717) is 5.02 Å². The van der Waals surface area contributed by atoms with Gasteiger partial charge in [-0.25, -0.2) is 4.99 Å². The molecule has 0 bridgehead atoms. The molecule has 0 saturated carbocycles. The van der Waals surface area contributed by atoms with Gasteiger partial charge in [-0.3, -0.25) is 0 Å². The van der Waals surface area contributed by atoms with Gasteiger partial charge in [0.1, 0.15) is 12.8 Å². The van der Waals surface area contributed by atoms with Gasteiger partial charge in [0.05, 0.1) is 29.4 Å². The van der Waals surface area contributed by atoms with Gasteiger partial charge in [-0.2, -0.15) is 4.57 Å². The third-order valence-electron chi connectivity index (χ3n) is 4.20. The normalized spacial score (nSPS) is 10.8. The molecule has 3 aromatic rings. The first-order chi connectivity index (χ1) is 12.0. The Balaban J connectivity index is 0.00000243. The maximum Gasteiger partial charge on any atom is 0.225 e. The summed E-state index contributed by atoms with van der Waals surface area (Å²) in [5, 5.41) is 1.63. The van der Waals surface area contributed by atoms with E-state index in [-0.39, 0.29) is 12.4 Å². The van der Waals surface area contributed by atoms with Gasteiger partial charge in [0.15, 0.2) is 0 Å². The molecule has 136 valence electrons. The number of halogens is 2. The summed E-state index contributed by atoms with van der Waals surface area (Å²) >= 11 is 6.46. The van der Waals surface area contributed by atoms with Crippen LogP contribution in [0.4, 0.5) is 11.4 Å². The molecule has 1 aromatic heterocycles. The molecule has 0 radical (unpaired) electrons. The minimum absolute atomic E-state index is 0. The molecule has 6 heteroatoms. The summed E-state index contributed by atoms with van der Waals surface area (Å²) in [7, 11) is 7.69. The maximum absolute atomic E-state index is 6.46. The van der Waals surface area contributed by atoms with Crippen molar-refractivity contribution in [1.29, 1.82) is 0 Å². The van der Waals surface area contributed by atoms with Gasteiger partial charge in [-0.15, -0.1) is 0 Å². The Kier molecular flexibility index (Phi) is 6.46. The van der Waals surface area contributed by atoms with Gasteiger partial charge in [-0.1, -0.05) is 11.6 Å². The number of nitrogens with zero attached hydrogens (tertiary/aromatic N) is 3. The SMILES string of the molecule is COc1ccc2c(c1)c(Cl)cc(/C=N/c1ccc(N(C)C)cc1)[n+]2C.[Cl-]. The summed E-state index contributed by atoms with van der Waals surface area (Å²) in [5.74, 6) is 0.789. The smallest absolute Gasteiger partial charge is 0.225 e. The highest BCUT2D eigenvalue weighted by Gasteiger charge is 2.15. The lowest BCUT2D eigenvalue weighted by Crippen LogP contribution is -3.00. The lowest BCUT2D eigenvalue weighted by Gasteiger charge is -2.11. The number of pyridine rings is 1. The molecule has 0 unspecified atom stereocenters. The third-order valence-corrected chi connectivity index (χ3v) is 4.51. The summed E-state index contributed by atoms with van der Waals surface area (Å²) in [4.78, 5) is 6.63. The molecule has 0 aliphatic carbocycles. The molecule has 2 aromatic carbocycles. The number of rotatable bonds is 4. The zero-order valence-corrected chi connectivity index (χ0v) is 16.7. The van der Waals surface area contributed by atoms with Gasteiger partial charge < -0.3 is 22.0 Å². The predicted octanol–water partition coefficient (Wildman–Crippen LogP) is 1.15. The quantitative estimate of drug-likeness (QED) is 0.494. The van der Waals surface area contributed by atoms with E-state index in [0.717, 1.165) is 33.7 Å². The van der Waals surface area contributed by atoms with E-state index in [1.807, 2.05) is 75.9 Å². The van der Waals surface area contributed by atoms with Crippen molar-refractivity contribution in [2.24, 2.45) is 12.0 Å². The van der Waals surface area contributed by atoms with Crippen molar-refractivity contribution in [3.8, 4) is 5.75 Å². The average Bonchev–Trinajstić information content (AvgIpc) is 2.63. The van der Waals surface area contributed by atoms with Crippen molar-refractivity contribution in [1.82, 2.24) is 0 Å². The van der Waals surface area contributed by atoms with Crippen molar-refractivity contribution in [2.45, 2.75) is 0 Å². The van der Waals surface area contributed by atoms with Crippen LogP contribution in [0.5, 0.6) is 5.75 Å². The fraction of sp³-hybridized carbons (Fsp3) is 0.200. The van der Waals surface area contributed by atoms with Crippen LogP contribution in [0.1, 0.15) is 5.69 Å². The van der Waals surface area contributed by atoms with Crippen LogP contribution in [0.25, 0.3) is 10.9 Å². The molecular weight excluding hydrogens is 369 g/mol. The number of aryl methyl sites for hydroxylation is 1. The summed E-state index contributed by atoms with van der Waals surface area (Å²) in [6.07, 6.45) is 1.83. The van der Waals surface area contributed by atoms with Crippen molar-refractivity contribution < 1.29 is 21.7 Å². The number of ether oxygens (including phenoxy) is 1. The molecule has 0 amide bonds. The third kappa shape index (κ3) is 4.09. The predicted molar refractivity (Wildman–Crippen MR) is 105 cm³/mol. The standard InChI is InChI=1S/C20H21ClN3O.ClH/c1-23(2)15-7-5-14(6-8-15)22-13-16-11-19(21)18-12-17(25-4)9-10-20(18)24(16)3;/h5-13H,1-4H3;1H/q+1;/p-1. The number of hydrogen-bond acceptors (Lipinski definition) is 3. The Morgan fingerprint density at radius 3 is 2.38 bits per heavy atom. The van der Waals surface area contributed by atoms with Gasteiger partial charge in [0.2, 0.25) is 11.2 Å². The Bertz CT molecular complexity index is 938. The fourth-order valence-corrected chi connectivity index (χ4v) is 2.93. The summed E-state index contributed by atoms with van der Waals surface area (Å²) < 4.78 is 7.35. The average molecular weight is 390 g/mol. The maximum atomic E-state index is 6.46. The van der Waals surface area contributed by atoms with Crippen LogP contribution < -0.4 is 26.6 Å². The number of benzene rings is 2. The van der Waals surface area contributed by atoms with Crippen LogP contribution in [0.3, 0.4) is 0 Å². The van der Waals surface area contributed by atoms with Gasteiger partial charge in [0, 0.05) is 31.9 Å². The first-order valence-corrected chi connectivity index (χ1v) is 8.35. The molecule has 0 saturated heterocycles. The minimum Gasteiger partial charge on any atom is -1.00 e. The molecule has 4 nitrogen and oxygen atoms in total. The van der Waals surface area contributed by atoms with Crippen LogP contribution in [0.2, 0.25) is 5.02 Å². The Hall–Kier alpha value is -2.30. The molecule has 1 heterocycles. The number of hydrogen-bond donors (Lipinski definition) is 0. The van der Waals surface area contributed by atoms with Gasteiger partial charge in [-0.05, 0) is 36.4 Å². The molecule has 0 fully saturated rings. The lowest BCUT2D eigenvalue weighted by molar-refractivity contribution is -0.645. The second-order valence-corrected chi connectivity index (χ2v) is 6.44. The lowest BCUT2D eigenvalue weighted by atomic mass is 10.2. The molecule has 0 spiro atoms. The van der Waals surface area contributed by atoms with Crippen LogP contribution in [-0.2, 0) is 7.05 Å². The highest BCUT2D eigenvalue weighted by Crippen LogP contribution is 2.26. The van der Waals surface area contributed by atoms with E-state index < -0.39 is 0 Å². The molecule has 3 rings (SSSR count). The van der Waals surface area contributed by atoms with E-state index in [1.165, 1.54) is 0 Å². The van der Waals surface area contributed by atoms with Crippen molar-refractivity contribution in [3.63, 3.8) is 0 Å². The molecular formula is C20H21Cl2N3O. The number of aromatic nitrogens is 1. The Morgan fingerprint density at radius 2 is 1.77 bits per heavy atom. The molecule has 0 atom stereocenters. The fourth-order valence-electron chi connectivity index (χ4n) is 2.67. The van der Waals surface area contributed by atoms with Crippen LogP contribution >= 0.6 is 11.6 Å². The van der Waals surface area contributed by atoms with Crippen LogP contribution in [0, 0.1) is 0 Å². The molecule has 0 aliphatic rings.